The molecule has 1 aliphatic rings. The fourth-order valence-electron chi connectivity index (χ4n) is 2.62. The molecule has 1 aromatic rings. The Kier molecular flexibility index (Phi) is 2.90. The van der Waals surface area contributed by atoms with Gasteiger partial charge in [-0.1, -0.05) is 44.2 Å². The summed E-state index contributed by atoms with van der Waals surface area (Å²) in [4.78, 5) is 11.9. The Morgan fingerprint density at radius 2 is 1.73 bits per heavy atom. The van der Waals surface area contributed by atoms with E-state index in [-0.39, 0.29) is 11.8 Å². The molecule has 1 heteroatoms. The van der Waals surface area contributed by atoms with Gasteiger partial charge in [-0.25, -0.2) is 0 Å². The zero-order valence-electron chi connectivity index (χ0n) is 9.44. The Morgan fingerprint density at radius 3 is 2.40 bits per heavy atom. The summed E-state index contributed by atoms with van der Waals surface area (Å²) < 4.78 is 0. The molecule has 0 heterocycles. The average Bonchev–Trinajstić information content (AvgIpc) is 2.27. The summed E-state index contributed by atoms with van der Waals surface area (Å²) in [6.07, 6.45) is 2.20. The van der Waals surface area contributed by atoms with E-state index in [0.29, 0.717) is 11.7 Å². The SMILES string of the molecule is CC1CCC(c2ccccc2)C(C)C1=O. The van der Waals surface area contributed by atoms with Crippen molar-refractivity contribution >= 4 is 5.78 Å². The molecule has 1 nitrogen and oxygen atoms in total. The van der Waals surface area contributed by atoms with Crippen molar-refractivity contribution in [3.05, 3.63) is 35.9 Å². The normalized spacial score (nSPS) is 31.6. The van der Waals surface area contributed by atoms with Crippen LogP contribution in [0.3, 0.4) is 0 Å². The second-order valence-corrected chi connectivity index (χ2v) is 4.69. The van der Waals surface area contributed by atoms with Gasteiger partial charge in [0.1, 0.15) is 5.78 Å². The average molecular weight is 202 g/mol. The van der Waals surface area contributed by atoms with Crippen molar-refractivity contribution in [3.63, 3.8) is 0 Å². The van der Waals surface area contributed by atoms with Crippen molar-refractivity contribution < 1.29 is 4.79 Å². The van der Waals surface area contributed by atoms with Gasteiger partial charge in [-0.15, -0.1) is 0 Å². The van der Waals surface area contributed by atoms with Gasteiger partial charge in [-0.2, -0.15) is 0 Å². The fourth-order valence-corrected chi connectivity index (χ4v) is 2.62. The quantitative estimate of drug-likeness (QED) is 0.682. The first-order valence-electron chi connectivity index (χ1n) is 5.79. The number of ketones is 1. The maximum absolute atomic E-state index is 11.9. The lowest BCUT2D eigenvalue weighted by Gasteiger charge is -2.31. The van der Waals surface area contributed by atoms with Gasteiger partial charge in [0.2, 0.25) is 0 Å². The van der Waals surface area contributed by atoms with E-state index >= 15 is 0 Å². The molecule has 0 saturated heterocycles. The minimum atomic E-state index is 0.191. The van der Waals surface area contributed by atoms with Gasteiger partial charge in [0, 0.05) is 11.8 Å². The lowest BCUT2D eigenvalue weighted by molar-refractivity contribution is -0.128. The number of hydrogen-bond donors (Lipinski definition) is 0. The minimum absolute atomic E-state index is 0.191. The van der Waals surface area contributed by atoms with Crippen LogP contribution >= 0.6 is 0 Å². The number of Topliss-reactive ketones (excluding diaryl/α,β-unsaturated/α-hetero) is 1. The molecule has 1 saturated carbocycles. The van der Waals surface area contributed by atoms with Crippen LogP contribution in [0.15, 0.2) is 30.3 Å². The van der Waals surface area contributed by atoms with Crippen molar-refractivity contribution in [1.82, 2.24) is 0 Å². The molecule has 1 aromatic carbocycles. The minimum Gasteiger partial charge on any atom is -0.299 e. The fraction of sp³-hybridized carbons (Fsp3) is 0.500. The Hall–Kier alpha value is -1.11. The monoisotopic (exact) mass is 202 g/mol. The molecule has 3 atom stereocenters. The first-order chi connectivity index (χ1) is 7.20. The van der Waals surface area contributed by atoms with Crippen molar-refractivity contribution in [3.8, 4) is 0 Å². The lowest BCUT2D eigenvalue weighted by atomic mass is 9.72. The molecule has 15 heavy (non-hydrogen) atoms. The van der Waals surface area contributed by atoms with Crippen molar-refractivity contribution in [1.29, 1.82) is 0 Å². The number of carbonyl (C=O) groups excluding carboxylic acids is 1. The van der Waals surface area contributed by atoms with Crippen LogP contribution in [0.25, 0.3) is 0 Å². The molecule has 2 rings (SSSR count). The molecule has 0 aliphatic heterocycles. The van der Waals surface area contributed by atoms with E-state index in [1.165, 1.54) is 5.56 Å². The van der Waals surface area contributed by atoms with E-state index in [2.05, 4.69) is 38.1 Å². The van der Waals surface area contributed by atoms with Gasteiger partial charge in [-0.3, -0.25) is 4.79 Å². The third kappa shape index (κ3) is 1.97. The number of carbonyl (C=O) groups is 1. The van der Waals surface area contributed by atoms with Gasteiger partial charge >= 0.3 is 0 Å². The number of rotatable bonds is 1. The van der Waals surface area contributed by atoms with Crippen LogP contribution in [0.1, 0.15) is 38.2 Å². The van der Waals surface area contributed by atoms with E-state index in [4.69, 9.17) is 0 Å². The molecule has 1 fully saturated rings. The van der Waals surface area contributed by atoms with Crippen LogP contribution in [0.2, 0.25) is 0 Å². The molecule has 0 aromatic heterocycles. The molecular formula is C14H18O. The maximum atomic E-state index is 11.9. The third-order valence-electron chi connectivity index (χ3n) is 3.68. The molecule has 0 radical (unpaired) electrons. The zero-order valence-corrected chi connectivity index (χ0v) is 9.44. The molecule has 0 N–H and O–H groups in total. The largest absolute Gasteiger partial charge is 0.299 e. The van der Waals surface area contributed by atoms with Crippen LogP contribution in [0, 0.1) is 11.8 Å². The molecular weight excluding hydrogens is 184 g/mol. The summed E-state index contributed by atoms with van der Waals surface area (Å²) in [5.41, 5.74) is 1.32. The summed E-state index contributed by atoms with van der Waals surface area (Å²) in [7, 11) is 0. The van der Waals surface area contributed by atoms with Crippen LogP contribution in [0.5, 0.6) is 0 Å². The first kappa shape index (κ1) is 10.4. The molecule has 1 aliphatic carbocycles. The Morgan fingerprint density at radius 1 is 1.07 bits per heavy atom. The highest BCUT2D eigenvalue weighted by molar-refractivity contribution is 5.84. The van der Waals surface area contributed by atoms with Crippen LogP contribution in [0.4, 0.5) is 0 Å². The van der Waals surface area contributed by atoms with E-state index in [1.54, 1.807) is 0 Å². The Balaban J connectivity index is 2.21. The summed E-state index contributed by atoms with van der Waals surface area (Å²) in [6.45, 7) is 4.13. The second-order valence-electron chi connectivity index (χ2n) is 4.69. The second kappa shape index (κ2) is 4.18. The van der Waals surface area contributed by atoms with Gasteiger partial charge < -0.3 is 0 Å². The predicted molar refractivity (Wildman–Crippen MR) is 61.8 cm³/mol. The van der Waals surface area contributed by atoms with E-state index in [9.17, 15) is 4.79 Å². The Bertz CT molecular complexity index is 342. The number of hydrogen-bond acceptors (Lipinski definition) is 1. The van der Waals surface area contributed by atoms with Crippen molar-refractivity contribution in [2.45, 2.75) is 32.6 Å². The van der Waals surface area contributed by atoms with E-state index in [0.717, 1.165) is 12.8 Å². The van der Waals surface area contributed by atoms with Gasteiger partial charge in [-0.05, 0) is 24.3 Å². The van der Waals surface area contributed by atoms with Crippen LogP contribution in [-0.2, 0) is 4.79 Å². The highest BCUT2D eigenvalue weighted by atomic mass is 16.1. The predicted octanol–water partition coefficient (Wildman–Crippen LogP) is 3.41. The lowest BCUT2D eigenvalue weighted by Crippen LogP contribution is -2.30. The van der Waals surface area contributed by atoms with Gasteiger partial charge in [0.05, 0.1) is 0 Å². The van der Waals surface area contributed by atoms with Crippen LogP contribution < -0.4 is 0 Å². The molecule has 0 amide bonds. The maximum Gasteiger partial charge on any atom is 0.139 e. The number of benzene rings is 1. The Labute approximate surface area is 91.5 Å². The van der Waals surface area contributed by atoms with Crippen molar-refractivity contribution in [2.24, 2.45) is 11.8 Å². The van der Waals surface area contributed by atoms with E-state index < -0.39 is 0 Å². The summed E-state index contributed by atoms with van der Waals surface area (Å²) in [5.74, 6) is 1.33. The highest BCUT2D eigenvalue weighted by Crippen LogP contribution is 2.37. The molecule has 0 bridgehead atoms. The van der Waals surface area contributed by atoms with Crippen molar-refractivity contribution in [2.75, 3.05) is 0 Å². The van der Waals surface area contributed by atoms with Gasteiger partial charge in [0.15, 0.2) is 0 Å². The zero-order chi connectivity index (χ0) is 10.8. The molecule has 3 unspecified atom stereocenters. The summed E-state index contributed by atoms with van der Waals surface area (Å²) in [6, 6.07) is 10.4. The summed E-state index contributed by atoms with van der Waals surface area (Å²) >= 11 is 0. The smallest absolute Gasteiger partial charge is 0.139 e. The molecule has 80 valence electrons. The topological polar surface area (TPSA) is 17.1 Å². The van der Waals surface area contributed by atoms with Gasteiger partial charge in [0.25, 0.3) is 0 Å². The standard InChI is InChI=1S/C14H18O/c1-10-8-9-13(11(2)14(10)15)12-6-4-3-5-7-12/h3-7,10-11,13H,8-9H2,1-2H3. The summed E-state index contributed by atoms with van der Waals surface area (Å²) in [5, 5.41) is 0. The first-order valence-corrected chi connectivity index (χ1v) is 5.79. The van der Waals surface area contributed by atoms with E-state index in [1.807, 2.05) is 6.07 Å². The van der Waals surface area contributed by atoms with Crippen LogP contribution in [-0.4, -0.2) is 5.78 Å². The highest BCUT2D eigenvalue weighted by Gasteiger charge is 2.33. The molecule has 0 spiro atoms. The third-order valence-corrected chi connectivity index (χ3v) is 3.68.